The second kappa shape index (κ2) is 16.5. The van der Waals surface area contributed by atoms with Gasteiger partial charge in [-0.25, -0.2) is 0 Å². The number of halogens is 1. The fourth-order valence-electron chi connectivity index (χ4n) is 2.87. The standard InChI is InChI=1S/C15H38N5.ClH/c16-8-1-4-12-20(15-7-11-19,13-5-2-9-17)14-6-3-10-18;/h1-19H2;1H/q+1;/p-1. The summed E-state index contributed by atoms with van der Waals surface area (Å²) in [5, 5.41) is 0. The molecule has 0 bridgehead atoms. The maximum Gasteiger partial charge on any atom is 0.0798 e. The minimum Gasteiger partial charge on any atom is -1.00 e. The highest BCUT2D eigenvalue weighted by molar-refractivity contribution is 4.53. The molecule has 0 spiro atoms. The zero-order chi connectivity index (χ0) is 15.1. The number of hydrogen-bond acceptors (Lipinski definition) is 4. The molecule has 0 aromatic heterocycles. The van der Waals surface area contributed by atoms with E-state index in [0.717, 1.165) is 51.9 Å². The highest BCUT2D eigenvalue weighted by Gasteiger charge is 2.25. The Bertz CT molecular complexity index is 178. The van der Waals surface area contributed by atoms with Gasteiger partial charge in [0.15, 0.2) is 0 Å². The first-order valence-corrected chi connectivity index (χ1v) is 8.40. The van der Waals surface area contributed by atoms with Crippen molar-refractivity contribution in [3.05, 3.63) is 0 Å². The number of quaternary nitrogens is 1. The van der Waals surface area contributed by atoms with Crippen LogP contribution in [0.5, 0.6) is 0 Å². The van der Waals surface area contributed by atoms with Gasteiger partial charge in [-0.15, -0.1) is 0 Å². The first-order chi connectivity index (χ1) is 9.74. The average Bonchev–Trinajstić information content (AvgIpc) is 2.46. The van der Waals surface area contributed by atoms with Crippen LogP contribution in [0, 0.1) is 0 Å². The Labute approximate surface area is 137 Å². The topological polar surface area (TPSA) is 104 Å². The van der Waals surface area contributed by atoms with Crippen molar-refractivity contribution < 1.29 is 16.9 Å². The molecular formula is C15H38ClN5. The van der Waals surface area contributed by atoms with E-state index in [1.807, 2.05) is 0 Å². The molecule has 0 saturated carbocycles. The third-order valence-electron chi connectivity index (χ3n) is 4.10. The number of nitrogens with two attached hydrogens (primary N) is 4. The van der Waals surface area contributed by atoms with Crippen molar-refractivity contribution in [1.82, 2.24) is 0 Å². The van der Waals surface area contributed by atoms with Crippen molar-refractivity contribution in [2.24, 2.45) is 22.9 Å². The van der Waals surface area contributed by atoms with Gasteiger partial charge in [0.25, 0.3) is 0 Å². The lowest BCUT2D eigenvalue weighted by atomic mass is 10.1. The second-order valence-corrected chi connectivity index (χ2v) is 5.87. The molecule has 0 radical (unpaired) electrons. The van der Waals surface area contributed by atoms with Crippen molar-refractivity contribution in [2.45, 2.75) is 44.9 Å². The summed E-state index contributed by atoms with van der Waals surface area (Å²) in [6, 6.07) is 0. The zero-order valence-corrected chi connectivity index (χ0v) is 14.5. The van der Waals surface area contributed by atoms with Crippen LogP contribution >= 0.6 is 0 Å². The van der Waals surface area contributed by atoms with Crippen molar-refractivity contribution in [3.8, 4) is 0 Å². The van der Waals surface area contributed by atoms with Gasteiger partial charge < -0.3 is 39.8 Å². The Hall–Kier alpha value is 0.0900. The van der Waals surface area contributed by atoms with E-state index in [9.17, 15) is 0 Å². The number of unbranched alkanes of at least 4 members (excludes halogenated alkanes) is 3. The monoisotopic (exact) mass is 323 g/mol. The van der Waals surface area contributed by atoms with Gasteiger partial charge >= 0.3 is 0 Å². The van der Waals surface area contributed by atoms with E-state index in [0.29, 0.717) is 0 Å². The average molecular weight is 324 g/mol. The lowest BCUT2D eigenvalue weighted by Gasteiger charge is -2.39. The fourth-order valence-corrected chi connectivity index (χ4v) is 2.87. The van der Waals surface area contributed by atoms with Crippen molar-refractivity contribution in [2.75, 3.05) is 52.4 Å². The van der Waals surface area contributed by atoms with Gasteiger partial charge in [0, 0.05) is 6.42 Å². The molecule has 0 aliphatic heterocycles. The molecule has 0 aliphatic carbocycles. The maximum absolute atomic E-state index is 5.73. The normalized spacial score (nSPS) is 11.4. The Morgan fingerprint density at radius 1 is 0.429 bits per heavy atom. The van der Waals surface area contributed by atoms with E-state index in [4.69, 9.17) is 22.9 Å². The molecule has 0 aromatic carbocycles. The molecule has 6 heteroatoms. The van der Waals surface area contributed by atoms with Gasteiger partial charge in [0.1, 0.15) is 0 Å². The first kappa shape index (κ1) is 23.4. The minimum atomic E-state index is 0. The molecule has 0 amide bonds. The molecule has 0 heterocycles. The highest BCUT2D eigenvalue weighted by Crippen LogP contribution is 2.15. The van der Waals surface area contributed by atoms with Crippen LogP contribution in [0.1, 0.15) is 44.9 Å². The van der Waals surface area contributed by atoms with E-state index in [1.165, 1.54) is 49.9 Å². The molecule has 8 N–H and O–H groups in total. The maximum atomic E-state index is 5.73. The van der Waals surface area contributed by atoms with Gasteiger partial charge in [-0.2, -0.15) is 0 Å². The molecule has 0 aromatic rings. The summed E-state index contributed by atoms with van der Waals surface area (Å²) in [4.78, 5) is 0. The van der Waals surface area contributed by atoms with E-state index < -0.39 is 0 Å². The molecule has 0 saturated heterocycles. The third-order valence-corrected chi connectivity index (χ3v) is 4.10. The van der Waals surface area contributed by atoms with E-state index >= 15 is 0 Å². The summed E-state index contributed by atoms with van der Waals surface area (Å²) >= 11 is 0. The van der Waals surface area contributed by atoms with Gasteiger partial charge in [0.05, 0.1) is 26.2 Å². The van der Waals surface area contributed by atoms with Gasteiger partial charge in [-0.05, 0) is 64.7 Å². The Kier molecular flexibility index (Phi) is 18.3. The summed E-state index contributed by atoms with van der Waals surface area (Å²) in [5.74, 6) is 0. The smallest absolute Gasteiger partial charge is 0.0798 e. The summed E-state index contributed by atoms with van der Waals surface area (Å²) in [7, 11) is 0. The summed E-state index contributed by atoms with van der Waals surface area (Å²) in [5.41, 5.74) is 22.7. The third kappa shape index (κ3) is 12.3. The van der Waals surface area contributed by atoms with Crippen molar-refractivity contribution in [3.63, 3.8) is 0 Å². The van der Waals surface area contributed by atoms with Gasteiger partial charge in [0.2, 0.25) is 0 Å². The number of nitrogens with zero attached hydrogens (tertiary/aromatic N) is 1. The lowest BCUT2D eigenvalue weighted by molar-refractivity contribution is -0.929. The minimum absolute atomic E-state index is 0. The van der Waals surface area contributed by atoms with Gasteiger partial charge in [-0.3, -0.25) is 0 Å². The number of rotatable bonds is 15. The second-order valence-electron chi connectivity index (χ2n) is 5.87. The van der Waals surface area contributed by atoms with E-state index in [2.05, 4.69) is 0 Å². The molecule has 21 heavy (non-hydrogen) atoms. The van der Waals surface area contributed by atoms with E-state index in [1.54, 1.807) is 0 Å². The van der Waals surface area contributed by atoms with Crippen molar-refractivity contribution in [1.29, 1.82) is 0 Å². The summed E-state index contributed by atoms with van der Waals surface area (Å²) in [6.45, 7) is 8.04. The Morgan fingerprint density at radius 3 is 1.00 bits per heavy atom. The Morgan fingerprint density at radius 2 is 0.714 bits per heavy atom. The molecular weight excluding hydrogens is 286 g/mol. The zero-order valence-electron chi connectivity index (χ0n) is 13.7. The first-order valence-electron chi connectivity index (χ1n) is 8.40. The summed E-state index contributed by atoms with van der Waals surface area (Å²) in [6.07, 6.45) is 8.11. The van der Waals surface area contributed by atoms with Crippen LogP contribution in [0.25, 0.3) is 0 Å². The fraction of sp³-hybridized carbons (Fsp3) is 1.00. The van der Waals surface area contributed by atoms with Crippen LogP contribution in [-0.4, -0.2) is 56.8 Å². The molecule has 5 nitrogen and oxygen atoms in total. The van der Waals surface area contributed by atoms with Crippen molar-refractivity contribution >= 4 is 0 Å². The molecule has 0 unspecified atom stereocenters. The molecule has 0 atom stereocenters. The molecule has 130 valence electrons. The highest BCUT2D eigenvalue weighted by atomic mass is 35.5. The SMILES string of the molecule is NCCCC[N+](CCCN)(CCCCN)CCCCN.[Cl-]. The lowest BCUT2D eigenvalue weighted by Crippen LogP contribution is -3.00. The summed E-state index contributed by atoms with van der Waals surface area (Å²) < 4.78 is 1.19. The van der Waals surface area contributed by atoms with Gasteiger partial charge in [-0.1, -0.05) is 0 Å². The molecule has 0 rings (SSSR count). The van der Waals surface area contributed by atoms with E-state index in [-0.39, 0.29) is 12.4 Å². The van der Waals surface area contributed by atoms with Crippen LogP contribution in [-0.2, 0) is 0 Å². The molecule has 0 fully saturated rings. The largest absolute Gasteiger partial charge is 1.00 e. The number of hydrogen-bond donors (Lipinski definition) is 4. The van der Waals surface area contributed by atoms with Crippen LogP contribution < -0.4 is 35.3 Å². The molecule has 0 aliphatic rings. The van der Waals surface area contributed by atoms with Crippen LogP contribution in [0.2, 0.25) is 0 Å². The Balaban J connectivity index is 0. The van der Waals surface area contributed by atoms with Crippen LogP contribution in [0.15, 0.2) is 0 Å². The predicted octanol–water partition coefficient (Wildman–Crippen LogP) is -2.63. The predicted molar refractivity (Wildman–Crippen MR) is 88.3 cm³/mol. The van der Waals surface area contributed by atoms with Crippen LogP contribution in [0.3, 0.4) is 0 Å². The van der Waals surface area contributed by atoms with Crippen LogP contribution in [0.4, 0.5) is 0 Å². The quantitative estimate of drug-likeness (QED) is 0.195.